The summed E-state index contributed by atoms with van der Waals surface area (Å²) in [4.78, 5) is 18.9. The van der Waals surface area contributed by atoms with Crippen LogP contribution in [0.25, 0.3) is 0 Å². The van der Waals surface area contributed by atoms with E-state index in [1.165, 1.54) is 4.90 Å². The lowest BCUT2D eigenvalue weighted by molar-refractivity contribution is -0.137. The first-order valence-corrected chi connectivity index (χ1v) is 9.14. The van der Waals surface area contributed by atoms with Gasteiger partial charge in [0.2, 0.25) is 0 Å². The van der Waals surface area contributed by atoms with Crippen molar-refractivity contribution in [3.8, 4) is 0 Å². The van der Waals surface area contributed by atoms with Crippen LogP contribution in [-0.4, -0.2) is 34.9 Å². The van der Waals surface area contributed by atoms with Gasteiger partial charge in [-0.05, 0) is 62.7 Å². The molecule has 2 heterocycles. The maximum atomic E-state index is 13.8. The van der Waals surface area contributed by atoms with Gasteiger partial charge in [-0.3, -0.25) is 9.78 Å². The smallest absolute Gasteiger partial charge is 0.330 e. The van der Waals surface area contributed by atoms with Crippen LogP contribution < -0.4 is 5.32 Å². The fraction of sp³-hybridized carbons (Fsp3) is 0.400. The van der Waals surface area contributed by atoms with Gasteiger partial charge in [-0.2, -0.15) is 13.2 Å². The van der Waals surface area contributed by atoms with Crippen molar-refractivity contribution in [3.63, 3.8) is 0 Å². The summed E-state index contributed by atoms with van der Waals surface area (Å²) in [6, 6.07) is 7.08. The predicted octanol–water partition coefficient (Wildman–Crippen LogP) is 4.45. The molecule has 9 heteroatoms. The molecule has 1 aromatic heterocycles. The average Bonchev–Trinajstić information content (AvgIpc) is 2.94. The van der Waals surface area contributed by atoms with Crippen LogP contribution in [0.5, 0.6) is 0 Å². The second-order valence-electron chi connectivity index (χ2n) is 6.82. The molecule has 1 saturated heterocycles. The largest absolute Gasteiger partial charge is 0.416 e. The summed E-state index contributed by atoms with van der Waals surface area (Å²) in [5, 5.41) is 3.25. The minimum atomic E-state index is -4.73. The Labute approximate surface area is 172 Å². The highest BCUT2D eigenvalue weighted by atomic mass is 35.5. The molecule has 1 aliphatic rings. The molecule has 0 aliphatic carbocycles. The van der Waals surface area contributed by atoms with Gasteiger partial charge in [0.05, 0.1) is 17.8 Å². The van der Waals surface area contributed by atoms with Crippen LogP contribution in [0.3, 0.4) is 0 Å². The topological polar surface area (TPSA) is 45.2 Å². The monoisotopic (exact) mass is 431 g/mol. The number of hydrogen-bond donors (Lipinski definition) is 1. The predicted molar refractivity (Wildman–Crippen MR) is 103 cm³/mol. The van der Waals surface area contributed by atoms with Crippen LogP contribution in [0.15, 0.2) is 42.6 Å². The number of carbonyl (C=O) groups is 1. The van der Waals surface area contributed by atoms with Gasteiger partial charge in [0.15, 0.2) is 0 Å². The SMILES string of the molecule is Cl.O=C(c1cc(F)cc(C(F)(F)F)c1)N(Cc1ccccn1)C1CCCNCC1. The molecule has 2 aromatic rings. The molecule has 29 heavy (non-hydrogen) atoms. The number of aromatic nitrogens is 1. The molecule has 4 nitrogen and oxygen atoms in total. The molecule has 0 spiro atoms. The Morgan fingerprint density at radius 3 is 2.66 bits per heavy atom. The number of hydrogen-bond acceptors (Lipinski definition) is 3. The van der Waals surface area contributed by atoms with Gasteiger partial charge in [0, 0.05) is 17.8 Å². The molecular formula is C20H22ClF4N3O. The van der Waals surface area contributed by atoms with E-state index in [2.05, 4.69) is 10.3 Å². The van der Waals surface area contributed by atoms with E-state index in [0.29, 0.717) is 37.2 Å². The summed E-state index contributed by atoms with van der Waals surface area (Å²) in [5.41, 5.74) is -0.850. The zero-order valence-corrected chi connectivity index (χ0v) is 16.4. The molecule has 1 aliphatic heterocycles. The number of benzene rings is 1. The van der Waals surface area contributed by atoms with E-state index >= 15 is 0 Å². The van der Waals surface area contributed by atoms with Crippen molar-refractivity contribution in [2.24, 2.45) is 0 Å². The van der Waals surface area contributed by atoms with Crippen molar-refractivity contribution in [2.75, 3.05) is 13.1 Å². The van der Waals surface area contributed by atoms with Gasteiger partial charge in [0.1, 0.15) is 5.82 Å². The lowest BCUT2D eigenvalue weighted by atomic mass is 10.0. The highest BCUT2D eigenvalue weighted by Crippen LogP contribution is 2.31. The molecule has 0 radical (unpaired) electrons. The summed E-state index contributed by atoms with van der Waals surface area (Å²) >= 11 is 0. The normalized spacial score (nSPS) is 17.2. The number of rotatable bonds is 4. The standard InChI is InChI=1S/C20H21F4N3O.ClH/c21-16-11-14(10-15(12-16)20(22,23)24)19(28)27(13-17-4-1-2-8-26-17)18-5-3-7-25-9-6-18;/h1-2,4,8,10-12,18,25H,3,5-7,9,13H2;1H. The van der Waals surface area contributed by atoms with Gasteiger partial charge >= 0.3 is 6.18 Å². The zero-order chi connectivity index (χ0) is 20.1. The number of nitrogens with zero attached hydrogens (tertiary/aromatic N) is 2. The van der Waals surface area contributed by atoms with E-state index < -0.39 is 23.5 Å². The molecule has 1 fully saturated rings. The summed E-state index contributed by atoms with van der Waals surface area (Å²) in [6.07, 6.45) is -0.910. The molecule has 1 unspecified atom stereocenters. The first-order valence-electron chi connectivity index (χ1n) is 9.14. The Balaban J connectivity index is 0.00000300. The van der Waals surface area contributed by atoms with Crippen molar-refractivity contribution in [3.05, 3.63) is 65.2 Å². The summed E-state index contributed by atoms with van der Waals surface area (Å²) < 4.78 is 53.0. The molecule has 0 saturated carbocycles. The van der Waals surface area contributed by atoms with Gasteiger partial charge in [-0.25, -0.2) is 4.39 Å². The van der Waals surface area contributed by atoms with Gasteiger partial charge in [0.25, 0.3) is 5.91 Å². The second-order valence-corrected chi connectivity index (χ2v) is 6.82. The van der Waals surface area contributed by atoms with Crippen LogP contribution in [0.1, 0.15) is 40.9 Å². The first-order chi connectivity index (χ1) is 13.3. The summed E-state index contributed by atoms with van der Waals surface area (Å²) in [5.74, 6) is -1.71. The van der Waals surface area contributed by atoms with Crippen molar-refractivity contribution in [1.29, 1.82) is 0 Å². The number of amides is 1. The van der Waals surface area contributed by atoms with E-state index in [1.54, 1.807) is 24.4 Å². The lowest BCUT2D eigenvalue weighted by Gasteiger charge is -2.31. The summed E-state index contributed by atoms with van der Waals surface area (Å²) in [7, 11) is 0. The maximum Gasteiger partial charge on any atom is 0.416 e. The number of nitrogens with one attached hydrogen (secondary N) is 1. The molecule has 0 bridgehead atoms. The van der Waals surface area contributed by atoms with E-state index in [1.807, 2.05) is 0 Å². The van der Waals surface area contributed by atoms with E-state index in [0.717, 1.165) is 19.0 Å². The highest BCUT2D eigenvalue weighted by Gasteiger charge is 2.33. The molecule has 1 N–H and O–H groups in total. The van der Waals surface area contributed by atoms with Crippen molar-refractivity contribution < 1.29 is 22.4 Å². The van der Waals surface area contributed by atoms with E-state index in [-0.39, 0.29) is 30.6 Å². The Morgan fingerprint density at radius 1 is 1.17 bits per heavy atom. The van der Waals surface area contributed by atoms with E-state index in [4.69, 9.17) is 0 Å². The van der Waals surface area contributed by atoms with Gasteiger partial charge in [-0.15, -0.1) is 12.4 Å². The van der Waals surface area contributed by atoms with Crippen molar-refractivity contribution in [2.45, 2.75) is 38.0 Å². The van der Waals surface area contributed by atoms with Crippen LogP contribution in [0, 0.1) is 5.82 Å². The Bertz CT molecular complexity index is 809. The minimum Gasteiger partial charge on any atom is -0.330 e. The number of halogens is 5. The van der Waals surface area contributed by atoms with Crippen LogP contribution in [-0.2, 0) is 12.7 Å². The van der Waals surface area contributed by atoms with Crippen molar-refractivity contribution >= 4 is 18.3 Å². The fourth-order valence-electron chi connectivity index (χ4n) is 3.39. The summed E-state index contributed by atoms with van der Waals surface area (Å²) in [6.45, 7) is 1.68. The molecule has 1 aromatic carbocycles. The third kappa shape index (κ3) is 6.14. The molecular weight excluding hydrogens is 410 g/mol. The Hall–Kier alpha value is -2.19. The lowest BCUT2D eigenvalue weighted by Crippen LogP contribution is -2.40. The third-order valence-corrected chi connectivity index (χ3v) is 4.78. The Kier molecular flexibility index (Phi) is 7.98. The van der Waals surface area contributed by atoms with Crippen LogP contribution in [0.4, 0.5) is 17.6 Å². The number of carbonyl (C=O) groups excluding carboxylic acids is 1. The number of alkyl halides is 3. The average molecular weight is 432 g/mol. The second kappa shape index (κ2) is 10.0. The quantitative estimate of drug-likeness (QED) is 0.728. The van der Waals surface area contributed by atoms with Crippen LogP contribution in [0.2, 0.25) is 0 Å². The fourth-order valence-corrected chi connectivity index (χ4v) is 3.39. The zero-order valence-electron chi connectivity index (χ0n) is 15.6. The van der Waals surface area contributed by atoms with Crippen LogP contribution >= 0.6 is 12.4 Å². The molecule has 1 amide bonds. The third-order valence-electron chi connectivity index (χ3n) is 4.78. The molecule has 3 rings (SSSR count). The van der Waals surface area contributed by atoms with Gasteiger partial charge < -0.3 is 10.2 Å². The highest BCUT2D eigenvalue weighted by molar-refractivity contribution is 5.94. The Morgan fingerprint density at radius 2 is 1.97 bits per heavy atom. The first kappa shape index (κ1) is 23.1. The number of pyridine rings is 1. The minimum absolute atomic E-state index is 0. The van der Waals surface area contributed by atoms with Gasteiger partial charge in [-0.1, -0.05) is 6.07 Å². The molecule has 1 atom stereocenters. The molecule has 158 valence electrons. The maximum absolute atomic E-state index is 13.8. The van der Waals surface area contributed by atoms with E-state index in [9.17, 15) is 22.4 Å². The van der Waals surface area contributed by atoms with Crippen molar-refractivity contribution in [1.82, 2.24) is 15.2 Å².